The largest absolute Gasteiger partial charge is 0.478 e. The number of carboxylic acids is 1. The Morgan fingerprint density at radius 3 is 2.82 bits per heavy atom. The van der Waals surface area contributed by atoms with Crippen LogP contribution in [0, 0.1) is 0 Å². The normalized spacial score (nSPS) is 23.2. The van der Waals surface area contributed by atoms with Crippen LogP contribution < -0.4 is 5.32 Å². The summed E-state index contributed by atoms with van der Waals surface area (Å²) in [6.07, 6.45) is 5.66. The van der Waals surface area contributed by atoms with Gasteiger partial charge in [0.15, 0.2) is 0 Å². The fraction of sp³-hybridized carbons (Fsp3) is 0.500. The minimum Gasteiger partial charge on any atom is -0.478 e. The Morgan fingerprint density at radius 1 is 1.29 bits per heavy atom. The van der Waals surface area contributed by atoms with Crippen LogP contribution in [0.4, 0.5) is 0 Å². The molecule has 1 atom stereocenters. The first-order valence-electron chi connectivity index (χ1n) is 6.37. The van der Waals surface area contributed by atoms with Crippen molar-refractivity contribution in [3.63, 3.8) is 0 Å². The number of fused-ring (bicyclic) bond motifs is 1. The highest BCUT2D eigenvalue weighted by molar-refractivity contribution is 5.90. The maximum atomic E-state index is 11.2. The second-order valence-corrected chi connectivity index (χ2v) is 5.06. The molecule has 0 radical (unpaired) electrons. The number of carboxylic acid groups (broad SMARTS) is 1. The molecule has 2 aliphatic rings. The molecule has 1 unspecified atom stereocenters. The summed E-state index contributed by atoms with van der Waals surface area (Å²) >= 11 is 0. The van der Waals surface area contributed by atoms with E-state index in [1.165, 1.54) is 18.4 Å². The summed E-state index contributed by atoms with van der Waals surface area (Å²) in [7, 11) is 0. The summed E-state index contributed by atoms with van der Waals surface area (Å²) < 4.78 is 0. The highest BCUT2D eigenvalue weighted by atomic mass is 16.4. The van der Waals surface area contributed by atoms with Gasteiger partial charge in [-0.25, -0.2) is 4.79 Å². The van der Waals surface area contributed by atoms with Gasteiger partial charge >= 0.3 is 5.97 Å². The average molecular weight is 231 g/mol. The van der Waals surface area contributed by atoms with Crippen LogP contribution >= 0.6 is 0 Å². The molecule has 0 spiro atoms. The molecule has 0 heterocycles. The number of carbonyl (C=O) groups is 1. The van der Waals surface area contributed by atoms with Crippen LogP contribution in [0.15, 0.2) is 18.2 Å². The van der Waals surface area contributed by atoms with Crippen LogP contribution in [0.3, 0.4) is 0 Å². The maximum Gasteiger partial charge on any atom is 0.335 e. The van der Waals surface area contributed by atoms with E-state index in [2.05, 4.69) is 11.4 Å². The van der Waals surface area contributed by atoms with Gasteiger partial charge in [0.2, 0.25) is 0 Å². The summed E-state index contributed by atoms with van der Waals surface area (Å²) in [4.78, 5) is 11.2. The smallest absolute Gasteiger partial charge is 0.335 e. The molecule has 1 saturated carbocycles. The fourth-order valence-electron chi connectivity index (χ4n) is 2.76. The van der Waals surface area contributed by atoms with Crippen LogP contribution in [0.5, 0.6) is 0 Å². The minimum atomic E-state index is -0.797. The van der Waals surface area contributed by atoms with Crippen molar-refractivity contribution in [2.75, 3.05) is 0 Å². The maximum absolute atomic E-state index is 11.2. The van der Waals surface area contributed by atoms with E-state index in [9.17, 15) is 9.90 Å². The lowest BCUT2D eigenvalue weighted by atomic mass is 9.85. The quantitative estimate of drug-likeness (QED) is 0.840. The zero-order valence-electron chi connectivity index (χ0n) is 9.78. The van der Waals surface area contributed by atoms with Crippen LogP contribution in [0.1, 0.15) is 53.2 Å². The lowest BCUT2D eigenvalue weighted by Crippen LogP contribution is -2.27. The third kappa shape index (κ3) is 2.07. The van der Waals surface area contributed by atoms with Crippen LogP contribution in [0.2, 0.25) is 0 Å². The van der Waals surface area contributed by atoms with E-state index >= 15 is 0 Å². The van der Waals surface area contributed by atoms with Crippen LogP contribution in [-0.4, -0.2) is 17.1 Å². The van der Waals surface area contributed by atoms with Gasteiger partial charge in [0, 0.05) is 12.1 Å². The Labute approximate surface area is 101 Å². The first kappa shape index (κ1) is 10.8. The van der Waals surface area contributed by atoms with Crippen molar-refractivity contribution >= 4 is 5.97 Å². The lowest BCUT2D eigenvalue weighted by Gasteiger charge is -2.27. The van der Waals surface area contributed by atoms with Crippen LogP contribution in [-0.2, 0) is 6.42 Å². The van der Waals surface area contributed by atoms with Crippen LogP contribution in [0.25, 0.3) is 0 Å². The van der Waals surface area contributed by atoms with E-state index in [-0.39, 0.29) is 0 Å². The molecule has 1 aromatic rings. The monoisotopic (exact) mass is 231 g/mol. The molecule has 3 heteroatoms. The summed E-state index contributed by atoms with van der Waals surface area (Å²) in [5.74, 6) is -0.797. The molecule has 0 amide bonds. The SMILES string of the molecule is O=C(O)c1cccc2c1CCCC2NC1CC1. The van der Waals surface area contributed by atoms with E-state index < -0.39 is 5.97 Å². The van der Waals surface area contributed by atoms with Gasteiger partial charge in [-0.15, -0.1) is 0 Å². The fourth-order valence-corrected chi connectivity index (χ4v) is 2.76. The number of hydrogen-bond donors (Lipinski definition) is 2. The summed E-state index contributed by atoms with van der Waals surface area (Å²) in [5.41, 5.74) is 2.75. The van der Waals surface area contributed by atoms with Gasteiger partial charge in [0.1, 0.15) is 0 Å². The summed E-state index contributed by atoms with van der Waals surface area (Å²) in [6, 6.07) is 6.71. The van der Waals surface area contributed by atoms with E-state index in [1.54, 1.807) is 6.07 Å². The van der Waals surface area contributed by atoms with Crippen molar-refractivity contribution in [3.05, 3.63) is 34.9 Å². The first-order valence-corrected chi connectivity index (χ1v) is 6.37. The number of rotatable bonds is 3. The van der Waals surface area contributed by atoms with Gasteiger partial charge in [-0.3, -0.25) is 0 Å². The number of nitrogens with one attached hydrogen (secondary N) is 1. The molecule has 90 valence electrons. The molecule has 3 nitrogen and oxygen atoms in total. The third-order valence-electron chi connectivity index (χ3n) is 3.75. The van der Waals surface area contributed by atoms with Gasteiger partial charge in [-0.05, 0) is 49.3 Å². The molecule has 1 aromatic carbocycles. The van der Waals surface area contributed by atoms with Gasteiger partial charge in [0.25, 0.3) is 0 Å². The third-order valence-corrected chi connectivity index (χ3v) is 3.75. The standard InChI is InChI=1S/C14H17NO2/c16-14(17)12-5-1-4-11-10(12)3-2-6-13(11)15-9-7-8-9/h1,4-5,9,13,15H,2-3,6-8H2,(H,16,17). The molecular formula is C14H17NO2. The Hall–Kier alpha value is -1.35. The topological polar surface area (TPSA) is 49.3 Å². The molecule has 3 rings (SSSR count). The minimum absolute atomic E-state index is 0.366. The predicted octanol–water partition coefficient (Wildman–Crippen LogP) is 2.51. The van der Waals surface area contributed by atoms with Crippen molar-refractivity contribution in [2.24, 2.45) is 0 Å². The molecule has 2 N–H and O–H groups in total. The Morgan fingerprint density at radius 2 is 2.12 bits per heavy atom. The average Bonchev–Trinajstić information content (AvgIpc) is 3.12. The molecule has 0 bridgehead atoms. The molecule has 1 fully saturated rings. The van der Waals surface area contributed by atoms with Gasteiger partial charge in [0.05, 0.1) is 5.56 Å². The van der Waals surface area contributed by atoms with Gasteiger partial charge in [-0.2, -0.15) is 0 Å². The number of benzene rings is 1. The second-order valence-electron chi connectivity index (χ2n) is 5.06. The van der Waals surface area contributed by atoms with Crippen molar-refractivity contribution in [1.82, 2.24) is 5.32 Å². The van der Waals surface area contributed by atoms with E-state index in [4.69, 9.17) is 0 Å². The molecule has 0 saturated heterocycles. The lowest BCUT2D eigenvalue weighted by molar-refractivity contribution is 0.0695. The van der Waals surface area contributed by atoms with Crippen molar-refractivity contribution in [3.8, 4) is 0 Å². The van der Waals surface area contributed by atoms with E-state index in [1.807, 2.05) is 6.07 Å². The zero-order chi connectivity index (χ0) is 11.8. The van der Waals surface area contributed by atoms with E-state index in [0.717, 1.165) is 24.8 Å². The Bertz CT molecular complexity index is 452. The number of aromatic carboxylic acids is 1. The van der Waals surface area contributed by atoms with Crippen molar-refractivity contribution in [1.29, 1.82) is 0 Å². The summed E-state index contributed by atoms with van der Waals surface area (Å²) in [6.45, 7) is 0. The molecule has 2 aliphatic carbocycles. The zero-order valence-corrected chi connectivity index (χ0v) is 9.78. The highest BCUT2D eigenvalue weighted by Crippen LogP contribution is 2.34. The van der Waals surface area contributed by atoms with Gasteiger partial charge in [-0.1, -0.05) is 12.1 Å². The number of hydrogen-bond acceptors (Lipinski definition) is 2. The molecule has 0 aliphatic heterocycles. The Kier molecular flexibility index (Phi) is 2.63. The van der Waals surface area contributed by atoms with E-state index in [0.29, 0.717) is 17.6 Å². The second kappa shape index (κ2) is 4.15. The molecular weight excluding hydrogens is 214 g/mol. The van der Waals surface area contributed by atoms with Gasteiger partial charge < -0.3 is 10.4 Å². The molecule has 0 aromatic heterocycles. The van der Waals surface area contributed by atoms with Crippen molar-refractivity contribution < 1.29 is 9.90 Å². The summed E-state index contributed by atoms with van der Waals surface area (Å²) in [5, 5.41) is 12.8. The first-order chi connectivity index (χ1) is 8.25. The predicted molar refractivity (Wildman–Crippen MR) is 65.2 cm³/mol. The Balaban J connectivity index is 1.95. The molecule has 17 heavy (non-hydrogen) atoms. The highest BCUT2D eigenvalue weighted by Gasteiger charge is 2.29. The van der Waals surface area contributed by atoms with Crippen molar-refractivity contribution in [2.45, 2.75) is 44.2 Å².